The minimum Gasteiger partial charge on any atom is -0.325 e. The maximum absolute atomic E-state index is 14.4. The van der Waals surface area contributed by atoms with Crippen molar-refractivity contribution in [1.29, 1.82) is 0 Å². The van der Waals surface area contributed by atoms with Crippen LogP contribution in [0.15, 0.2) is 85.1 Å². The van der Waals surface area contributed by atoms with Gasteiger partial charge in [0.05, 0.1) is 17.0 Å². The van der Waals surface area contributed by atoms with Crippen LogP contribution in [0.25, 0.3) is 0 Å². The van der Waals surface area contributed by atoms with Gasteiger partial charge in [-0.25, -0.2) is 13.8 Å². The Morgan fingerprint density at radius 3 is 2.46 bits per heavy atom. The van der Waals surface area contributed by atoms with Crippen molar-refractivity contribution in [3.8, 4) is 0 Å². The number of amides is 3. The molecular formula is C36H33F2N5O3. The van der Waals surface area contributed by atoms with Crippen molar-refractivity contribution in [2.24, 2.45) is 0 Å². The van der Waals surface area contributed by atoms with Gasteiger partial charge in [0.2, 0.25) is 17.7 Å². The van der Waals surface area contributed by atoms with E-state index in [4.69, 9.17) is 0 Å². The number of nitrogens with one attached hydrogen (secondary N) is 2. The molecule has 1 aromatic heterocycles. The first-order valence-electron chi connectivity index (χ1n) is 15.3. The van der Waals surface area contributed by atoms with Gasteiger partial charge in [-0.15, -0.1) is 0 Å². The summed E-state index contributed by atoms with van der Waals surface area (Å²) in [6.07, 6.45) is 2.65. The molecule has 0 bridgehead atoms. The summed E-state index contributed by atoms with van der Waals surface area (Å²) in [4.78, 5) is 48.5. The number of rotatable bonds is 6. The fourth-order valence-corrected chi connectivity index (χ4v) is 7.16. The summed E-state index contributed by atoms with van der Waals surface area (Å²) >= 11 is 0. The lowest BCUT2D eigenvalue weighted by Crippen LogP contribution is -2.64. The number of aromatic nitrogens is 1. The van der Waals surface area contributed by atoms with Gasteiger partial charge in [0.15, 0.2) is 0 Å². The van der Waals surface area contributed by atoms with Crippen LogP contribution in [0, 0.1) is 11.6 Å². The molecular weight excluding hydrogens is 588 g/mol. The molecule has 10 heteroatoms. The molecule has 2 N–H and O–H groups in total. The average Bonchev–Trinajstić information content (AvgIpc) is 3.53. The topological polar surface area (TPSA) is 94.6 Å². The lowest BCUT2D eigenvalue weighted by Gasteiger charge is -2.50. The zero-order chi connectivity index (χ0) is 32.2. The molecule has 0 radical (unpaired) electrons. The predicted octanol–water partition coefficient (Wildman–Crippen LogP) is 5.15. The highest BCUT2D eigenvalue weighted by Gasteiger charge is 2.51. The van der Waals surface area contributed by atoms with E-state index in [-0.39, 0.29) is 30.5 Å². The first-order valence-corrected chi connectivity index (χ1v) is 15.3. The summed E-state index contributed by atoms with van der Waals surface area (Å²) in [7, 11) is 0. The highest BCUT2D eigenvalue weighted by molar-refractivity contribution is 6.06. The number of pyridine rings is 1. The maximum Gasteiger partial charge on any atom is 0.244 e. The molecule has 4 aromatic rings. The Labute approximate surface area is 265 Å². The zero-order valence-electron chi connectivity index (χ0n) is 25.5. The number of carbonyl (C=O) groups excluding carboxylic acids is 3. The molecule has 1 spiro atoms. The van der Waals surface area contributed by atoms with E-state index in [9.17, 15) is 23.2 Å². The molecule has 3 aliphatic rings. The van der Waals surface area contributed by atoms with Crippen LogP contribution < -0.4 is 10.6 Å². The molecule has 1 aliphatic carbocycles. The van der Waals surface area contributed by atoms with Crippen molar-refractivity contribution in [3.63, 3.8) is 0 Å². The van der Waals surface area contributed by atoms with Crippen molar-refractivity contribution >= 4 is 29.2 Å². The van der Waals surface area contributed by atoms with Crippen molar-refractivity contribution in [2.75, 3.05) is 23.7 Å². The van der Waals surface area contributed by atoms with E-state index in [1.54, 1.807) is 26.1 Å². The van der Waals surface area contributed by atoms with E-state index in [0.717, 1.165) is 28.3 Å². The minimum absolute atomic E-state index is 0.0876. The summed E-state index contributed by atoms with van der Waals surface area (Å²) in [5.74, 6) is -1.78. The normalized spacial score (nSPS) is 21.7. The van der Waals surface area contributed by atoms with E-state index in [0.29, 0.717) is 30.9 Å². The Morgan fingerprint density at radius 2 is 1.70 bits per heavy atom. The van der Waals surface area contributed by atoms with Gasteiger partial charge in [-0.2, -0.15) is 0 Å². The Morgan fingerprint density at radius 1 is 0.957 bits per heavy atom. The molecule has 1 saturated heterocycles. The molecule has 0 saturated carbocycles. The van der Waals surface area contributed by atoms with E-state index < -0.39 is 34.5 Å². The van der Waals surface area contributed by atoms with Gasteiger partial charge in [-0.1, -0.05) is 42.5 Å². The summed E-state index contributed by atoms with van der Waals surface area (Å²) in [6, 6.07) is 21.4. The largest absolute Gasteiger partial charge is 0.325 e. The van der Waals surface area contributed by atoms with Crippen molar-refractivity contribution < 1.29 is 23.2 Å². The molecule has 7 rings (SSSR count). The Hall–Kier alpha value is -4.96. The SMILES string of the molecule is CC1(C)C(=O)N(CC(=O)Nc2ccc3c(c2)CC2(C3)C(=O)Nc3ncccc32)C(c2cc(F)cc(F)c2)CN1Cc1ccccc1. The van der Waals surface area contributed by atoms with Crippen molar-refractivity contribution in [2.45, 2.75) is 50.2 Å². The van der Waals surface area contributed by atoms with Gasteiger partial charge >= 0.3 is 0 Å². The van der Waals surface area contributed by atoms with Gasteiger partial charge < -0.3 is 15.5 Å². The number of anilines is 2. The second kappa shape index (κ2) is 11.1. The fourth-order valence-electron chi connectivity index (χ4n) is 7.16. The van der Waals surface area contributed by atoms with E-state index >= 15 is 0 Å². The smallest absolute Gasteiger partial charge is 0.244 e. The number of hydrogen-bond acceptors (Lipinski definition) is 5. The van der Waals surface area contributed by atoms with Gasteiger partial charge in [0, 0.05) is 36.6 Å². The van der Waals surface area contributed by atoms with Crippen LogP contribution in [0.5, 0.6) is 0 Å². The van der Waals surface area contributed by atoms with E-state index in [1.807, 2.05) is 59.5 Å². The number of carbonyl (C=O) groups is 3. The van der Waals surface area contributed by atoms with Crippen LogP contribution in [0.4, 0.5) is 20.3 Å². The third-order valence-corrected chi connectivity index (χ3v) is 9.61. The standard InChI is InChI=1S/C36H33F2N5O3/c1-35(2)34(46)43(30(24-13-26(37)16-27(38)14-24)20-42(35)19-22-7-4-3-5-8-22)21-31(44)40-28-11-10-23-17-36(18-25(23)15-28)29-9-6-12-39-32(29)41-33(36)45/h3-16,30H,17-21H2,1-2H3,(H,40,44)(H,39,41,45). The van der Waals surface area contributed by atoms with Crippen LogP contribution in [0.3, 0.4) is 0 Å². The number of benzene rings is 3. The molecule has 1 fully saturated rings. The molecule has 234 valence electrons. The van der Waals surface area contributed by atoms with E-state index in [2.05, 4.69) is 15.6 Å². The average molecular weight is 622 g/mol. The lowest BCUT2D eigenvalue weighted by molar-refractivity contribution is -0.156. The number of nitrogens with zero attached hydrogens (tertiary/aromatic N) is 3. The quantitative estimate of drug-likeness (QED) is 0.311. The van der Waals surface area contributed by atoms with Crippen LogP contribution in [-0.4, -0.2) is 51.1 Å². The number of fused-ring (bicyclic) bond motifs is 3. The Balaban J connectivity index is 1.13. The third kappa shape index (κ3) is 5.12. The van der Waals surface area contributed by atoms with Crippen molar-refractivity contribution in [1.82, 2.24) is 14.8 Å². The van der Waals surface area contributed by atoms with Gasteiger partial charge in [-0.3, -0.25) is 19.3 Å². The molecule has 2 atom stereocenters. The monoisotopic (exact) mass is 621 g/mol. The third-order valence-electron chi connectivity index (χ3n) is 9.61. The molecule has 3 aromatic carbocycles. The first-order chi connectivity index (χ1) is 22.0. The lowest BCUT2D eigenvalue weighted by atomic mass is 9.79. The van der Waals surface area contributed by atoms with Gasteiger partial charge in [0.25, 0.3) is 0 Å². The number of halogens is 2. The highest BCUT2D eigenvalue weighted by atomic mass is 19.1. The van der Waals surface area contributed by atoms with Crippen LogP contribution in [-0.2, 0) is 39.2 Å². The molecule has 3 heterocycles. The Kier molecular flexibility index (Phi) is 7.20. The van der Waals surface area contributed by atoms with Crippen LogP contribution in [0.1, 0.15) is 47.7 Å². The summed E-state index contributed by atoms with van der Waals surface area (Å²) < 4.78 is 28.8. The maximum atomic E-state index is 14.4. The predicted molar refractivity (Wildman–Crippen MR) is 169 cm³/mol. The molecule has 2 aliphatic heterocycles. The number of hydrogen-bond donors (Lipinski definition) is 2. The first kappa shape index (κ1) is 29.7. The van der Waals surface area contributed by atoms with E-state index in [1.165, 1.54) is 17.0 Å². The summed E-state index contributed by atoms with van der Waals surface area (Å²) in [6.45, 7) is 4.00. The second-order valence-corrected chi connectivity index (χ2v) is 12.9. The number of piperazine rings is 1. The van der Waals surface area contributed by atoms with Gasteiger partial charge in [0.1, 0.15) is 24.0 Å². The van der Waals surface area contributed by atoms with Crippen LogP contribution in [0.2, 0.25) is 0 Å². The van der Waals surface area contributed by atoms with Crippen molar-refractivity contribution in [3.05, 3.63) is 125 Å². The molecule has 3 amide bonds. The molecule has 46 heavy (non-hydrogen) atoms. The second-order valence-electron chi connectivity index (χ2n) is 12.9. The summed E-state index contributed by atoms with van der Waals surface area (Å²) in [5.41, 5.74) is 2.91. The highest BCUT2D eigenvalue weighted by Crippen LogP contribution is 2.47. The summed E-state index contributed by atoms with van der Waals surface area (Å²) in [5, 5.41) is 5.82. The molecule has 8 nitrogen and oxygen atoms in total. The Bertz CT molecular complexity index is 1860. The van der Waals surface area contributed by atoms with Gasteiger partial charge in [-0.05, 0) is 79.3 Å². The van der Waals surface area contributed by atoms with Crippen LogP contribution >= 0.6 is 0 Å². The minimum atomic E-state index is -0.993. The fraction of sp³-hybridized carbons (Fsp3) is 0.278. The molecule has 2 unspecified atom stereocenters. The zero-order valence-corrected chi connectivity index (χ0v) is 25.5.